The van der Waals surface area contributed by atoms with E-state index in [9.17, 15) is 9.59 Å². The number of fused-ring (bicyclic) bond motifs is 1. The lowest BCUT2D eigenvalue weighted by molar-refractivity contribution is -0.116. The van der Waals surface area contributed by atoms with Gasteiger partial charge in [-0.1, -0.05) is 29.8 Å². The molecule has 0 saturated heterocycles. The van der Waals surface area contributed by atoms with Gasteiger partial charge in [-0.3, -0.25) is 4.79 Å². The van der Waals surface area contributed by atoms with Gasteiger partial charge in [0.25, 0.3) is 0 Å². The minimum Gasteiger partial charge on any atom is -0.307 e. The molecule has 100 valence electrons. The van der Waals surface area contributed by atoms with Crippen LogP contribution >= 0.6 is 11.6 Å². The molecule has 0 unspecified atom stereocenters. The van der Waals surface area contributed by atoms with Gasteiger partial charge in [-0.2, -0.15) is 0 Å². The van der Waals surface area contributed by atoms with Gasteiger partial charge in [0.2, 0.25) is 5.91 Å². The first kappa shape index (κ1) is 12.7. The predicted octanol–water partition coefficient (Wildman–Crippen LogP) is 3.46. The summed E-state index contributed by atoms with van der Waals surface area (Å²) in [6.07, 6.45) is 0.254. The second kappa shape index (κ2) is 4.98. The number of hydrogen-bond donors (Lipinski definition) is 1. The first-order chi connectivity index (χ1) is 9.65. The summed E-state index contributed by atoms with van der Waals surface area (Å²) in [6.45, 7) is 0. The highest BCUT2D eigenvalue weighted by molar-refractivity contribution is 6.30. The molecular formula is C15H11ClN2O2. The van der Waals surface area contributed by atoms with Gasteiger partial charge in [0.05, 0.1) is 12.1 Å². The van der Waals surface area contributed by atoms with Crippen molar-refractivity contribution in [2.24, 2.45) is 0 Å². The highest BCUT2D eigenvalue weighted by atomic mass is 35.5. The molecule has 0 bridgehead atoms. The maximum atomic E-state index is 12.2. The summed E-state index contributed by atoms with van der Waals surface area (Å²) in [5.74, 6) is -0.224. The fourth-order valence-electron chi connectivity index (χ4n) is 2.19. The van der Waals surface area contributed by atoms with Crippen molar-refractivity contribution in [3.63, 3.8) is 0 Å². The van der Waals surface area contributed by atoms with Crippen LogP contribution in [0.15, 0.2) is 48.5 Å². The molecule has 0 spiro atoms. The van der Waals surface area contributed by atoms with Gasteiger partial charge in [-0.15, -0.1) is 0 Å². The number of nitrogens with zero attached hydrogens (tertiary/aromatic N) is 1. The summed E-state index contributed by atoms with van der Waals surface area (Å²) in [6, 6.07) is 13.5. The van der Waals surface area contributed by atoms with Crippen molar-refractivity contribution >= 4 is 34.9 Å². The minimum atomic E-state index is -0.456. The molecule has 3 amide bonds. The van der Waals surface area contributed by atoms with Crippen LogP contribution in [-0.4, -0.2) is 11.9 Å². The number of amides is 3. The van der Waals surface area contributed by atoms with Crippen molar-refractivity contribution in [2.45, 2.75) is 6.42 Å². The van der Waals surface area contributed by atoms with Crippen LogP contribution in [0.4, 0.5) is 16.2 Å². The number of carbonyl (C=O) groups is 2. The van der Waals surface area contributed by atoms with Gasteiger partial charge in [0.15, 0.2) is 0 Å². The molecule has 2 aromatic rings. The van der Waals surface area contributed by atoms with Crippen molar-refractivity contribution in [1.82, 2.24) is 0 Å². The Bertz CT molecular complexity index is 683. The molecule has 0 saturated carbocycles. The number of benzene rings is 2. The average molecular weight is 287 g/mol. The SMILES string of the molecule is O=C1Cc2ccccc2N1C(=O)Nc1ccc(Cl)cc1. The molecule has 1 N–H and O–H groups in total. The van der Waals surface area contributed by atoms with Gasteiger partial charge in [0.1, 0.15) is 0 Å². The highest BCUT2D eigenvalue weighted by Gasteiger charge is 2.31. The summed E-state index contributed by atoms with van der Waals surface area (Å²) in [5.41, 5.74) is 2.10. The second-order valence-corrected chi connectivity index (χ2v) is 4.91. The molecule has 20 heavy (non-hydrogen) atoms. The van der Waals surface area contributed by atoms with Crippen LogP contribution in [-0.2, 0) is 11.2 Å². The number of nitrogens with one attached hydrogen (secondary N) is 1. The smallest absolute Gasteiger partial charge is 0.307 e. The molecule has 2 aromatic carbocycles. The zero-order chi connectivity index (χ0) is 14.1. The number of urea groups is 1. The van der Waals surface area contributed by atoms with Crippen LogP contribution < -0.4 is 10.2 Å². The molecule has 5 heteroatoms. The normalized spacial score (nSPS) is 13.2. The highest BCUT2D eigenvalue weighted by Crippen LogP contribution is 2.29. The Morgan fingerprint density at radius 3 is 2.55 bits per heavy atom. The lowest BCUT2D eigenvalue weighted by Gasteiger charge is -2.16. The topological polar surface area (TPSA) is 49.4 Å². The molecule has 4 nitrogen and oxygen atoms in total. The first-order valence-electron chi connectivity index (χ1n) is 6.12. The monoisotopic (exact) mass is 286 g/mol. The Kier molecular flexibility index (Phi) is 3.16. The van der Waals surface area contributed by atoms with Crippen molar-refractivity contribution in [3.8, 4) is 0 Å². The second-order valence-electron chi connectivity index (χ2n) is 4.47. The van der Waals surface area contributed by atoms with E-state index in [1.54, 1.807) is 36.4 Å². The van der Waals surface area contributed by atoms with Crippen LogP contribution in [0.25, 0.3) is 0 Å². The fraction of sp³-hybridized carbons (Fsp3) is 0.0667. The molecule has 3 rings (SSSR count). The lowest BCUT2D eigenvalue weighted by Crippen LogP contribution is -2.37. The molecule has 0 aliphatic carbocycles. The van der Waals surface area contributed by atoms with Crippen molar-refractivity contribution < 1.29 is 9.59 Å². The summed E-state index contributed by atoms with van der Waals surface area (Å²) in [4.78, 5) is 25.4. The maximum Gasteiger partial charge on any atom is 0.333 e. The Morgan fingerprint density at radius 1 is 1.10 bits per heavy atom. The molecule has 0 fully saturated rings. The Morgan fingerprint density at radius 2 is 1.80 bits per heavy atom. The van der Waals surface area contributed by atoms with Gasteiger partial charge < -0.3 is 5.32 Å². The van der Waals surface area contributed by atoms with E-state index >= 15 is 0 Å². The number of para-hydroxylation sites is 1. The molecule has 0 radical (unpaired) electrons. The molecule has 1 heterocycles. The standard InChI is InChI=1S/C15H11ClN2O2/c16-11-5-7-12(8-6-11)17-15(20)18-13-4-2-1-3-10(13)9-14(18)19/h1-8H,9H2,(H,17,20). The zero-order valence-electron chi connectivity index (χ0n) is 10.5. The molecular weight excluding hydrogens is 276 g/mol. The number of imide groups is 1. The zero-order valence-corrected chi connectivity index (χ0v) is 11.2. The summed E-state index contributed by atoms with van der Waals surface area (Å²) in [5, 5.41) is 3.28. The maximum absolute atomic E-state index is 12.2. The quantitative estimate of drug-likeness (QED) is 0.873. The van der Waals surface area contributed by atoms with Crippen molar-refractivity contribution in [3.05, 3.63) is 59.1 Å². The van der Waals surface area contributed by atoms with Crippen LogP contribution in [0.3, 0.4) is 0 Å². The number of anilines is 2. The van der Waals surface area contributed by atoms with E-state index in [0.717, 1.165) is 5.56 Å². The summed E-state index contributed by atoms with van der Waals surface area (Å²) >= 11 is 5.79. The summed E-state index contributed by atoms with van der Waals surface area (Å²) < 4.78 is 0. The first-order valence-corrected chi connectivity index (χ1v) is 6.50. The third kappa shape index (κ3) is 2.26. The fourth-order valence-corrected chi connectivity index (χ4v) is 2.32. The van der Waals surface area contributed by atoms with Gasteiger partial charge in [-0.05, 0) is 35.9 Å². The molecule has 1 aliphatic rings. The summed E-state index contributed by atoms with van der Waals surface area (Å²) in [7, 11) is 0. The number of rotatable bonds is 1. The van der Waals surface area contributed by atoms with E-state index in [1.165, 1.54) is 4.90 Å². The minimum absolute atomic E-state index is 0.224. The number of hydrogen-bond acceptors (Lipinski definition) is 2. The Labute approximate surface area is 121 Å². The third-order valence-corrected chi connectivity index (χ3v) is 3.37. The Hall–Kier alpha value is -2.33. The van der Waals surface area contributed by atoms with Crippen molar-refractivity contribution in [1.29, 1.82) is 0 Å². The Balaban J connectivity index is 1.84. The van der Waals surface area contributed by atoms with Crippen LogP contribution in [0.2, 0.25) is 5.02 Å². The molecule has 0 aromatic heterocycles. The van der Waals surface area contributed by atoms with E-state index in [1.807, 2.05) is 12.1 Å². The molecule has 1 aliphatic heterocycles. The predicted molar refractivity (Wildman–Crippen MR) is 78.1 cm³/mol. The van der Waals surface area contributed by atoms with Crippen molar-refractivity contribution in [2.75, 3.05) is 10.2 Å². The van der Waals surface area contributed by atoms with E-state index in [2.05, 4.69) is 5.32 Å². The van der Waals surface area contributed by atoms with E-state index in [4.69, 9.17) is 11.6 Å². The van der Waals surface area contributed by atoms with Crippen LogP contribution in [0.1, 0.15) is 5.56 Å². The van der Waals surface area contributed by atoms with Gasteiger partial charge in [0, 0.05) is 10.7 Å². The lowest BCUT2D eigenvalue weighted by atomic mass is 10.2. The van der Waals surface area contributed by atoms with E-state index in [-0.39, 0.29) is 12.3 Å². The molecule has 0 atom stereocenters. The van der Waals surface area contributed by atoms with Crippen LogP contribution in [0.5, 0.6) is 0 Å². The van der Waals surface area contributed by atoms with Crippen LogP contribution in [0, 0.1) is 0 Å². The average Bonchev–Trinajstić information content (AvgIpc) is 2.77. The third-order valence-electron chi connectivity index (χ3n) is 3.12. The largest absolute Gasteiger partial charge is 0.333 e. The van der Waals surface area contributed by atoms with Gasteiger partial charge in [-0.25, -0.2) is 9.69 Å². The van der Waals surface area contributed by atoms with E-state index < -0.39 is 6.03 Å². The number of halogens is 1. The van der Waals surface area contributed by atoms with Gasteiger partial charge >= 0.3 is 6.03 Å². The number of carbonyl (C=O) groups excluding carboxylic acids is 2. The van der Waals surface area contributed by atoms with E-state index in [0.29, 0.717) is 16.4 Å².